The minimum atomic E-state index is -0.199. The first-order valence-corrected chi connectivity index (χ1v) is 7.40. The largest absolute Gasteiger partial charge is 0.493 e. The maximum Gasteiger partial charge on any atom is 0.187 e. The SMILES string of the molecule is COc1ccc(C(=O)/C=C/NCC(=O)c2ccccc2)cc1OC. The van der Waals surface area contributed by atoms with Gasteiger partial charge in [0, 0.05) is 23.4 Å². The number of carbonyl (C=O) groups is 2. The molecule has 5 heteroatoms. The third kappa shape index (κ3) is 4.46. The van der Waals surface area contributed by atoms with Gasteiger partial charge < -0.3 is 14.8 Å². The first-order valence-electron chi connectivity index (χ1n) is 7.40. The van der Waals surface area contributed by atoms with Gasteiger partial charge in [0.15, 0.2) is 23.1 Å². The molecule has 2 aromatic rings. The van der Waals surface area contributed by atoms with Gasteiger partial charge in [0.05, 0.1) is 20.8 Å². The highest BCUT2D eigenvalue weighted by Gasteiger charge is 2.08. The third-order valence-corrected chi connectivity index (χ3v) is 3.38. The highest BCUT2D eigenvalue weighted by atomic mass is 16.5. The van der Waals surface area contributed by atoms with Crippen LogP contribution in [0.3, 0.4) is 0 Å². The third-order valence-electron chi connectivity index (χ3n) is 3.38. The lowest BCUT2D eigenvalue weighted by atomic mass is 10.1. The van der Waals surface area contributed by atoms with Crippen molar-refractivity contribution in [3.63, 3.8) is 0 Å². The van der Waals surface area contributed by atoms with Crippen molar-refractivity contribution in [3.8, 4) is 11.5 Å². The van der Waals surface area contributed by atoms with Crippen LogP contribution in [-0.4, -0.2) is 32.3 Å². The second-order valence-electron chi connectivity index (χ2n) is 4.94. The zero-order valence-electron chi connectivity index (χ0n) is 13.6. The van der Waals surface area contributed by atoms with Crippen molar-refractivity contribution in [1.82, 2.24) is 5.32 Å². The number of rotatable bonds is 8. The zero-order chi connectivity index (χ0) is 17.4. The number of carbonyl (C=O) groups excluding carboxylic acids is 2. The molecule has 0 aliphatic rings. The van der Waals surface area contributed by atoms with Crippen molar-refractivity contribution >= 4 is 11.6 Å². The Morgan fingerprint density at radius 1 is 0.958 bits per heavy atom. The molecule has 2 rings (SSSR count). The molecular formula is C19H19NO4. The van der Waals surface area contributed by atoms with Crippen LogP contribution in [0, 0.1) is 0 Å². The average Bonchev–Trinajstić information content (AvgIpc) is 2.64. The van der Waals surface area contributed by atoms with Gasteiger partial charge in [-0.15, -0.1) is 0 Å². The van der Waals surface area contributed by atoms with Gasteiger partial charge >= 0.3 is 0 Å². The molecule has 0 aliphatic heterocycles. The smallest absolute Gasteiger partial charge is 0.187 e. The molecule has 0 saturated carbocycles. The molecule has 124 valence electrons. The summed E-state index contributed by atoms with van der Waals surface area (Å²) in [6.45, 7) is 0.125. The van der Waals surface area contributed by atoms with Gasteiger partial charge in [-0.1, -0.05) is 30.3 Å². The number of hydrogen-bond donors (Lipinski definition) is 1. The first-order chi connectivity index (χ1) is 11.7. The van der Waals surface area contributed by atoms with Crippen LogP contribution in [0.15, 0.2) is 60.8 Å². The van der Waals surface area contributed by atoms with E-state index in [1.165, 1.54) is 26.5 Å². The lowest BCUT2D eigenvalue weighted by Gasteiger charge is -2.08. The Morgan fingerprint density at radius 3 is 2.33 bits per heavy atom. The van der Waals surface area contributed by atoms with Gasteiger partial charge in [-0.05, 0) is 18.2 Å². The fourth-order valence-corrected chi connectivity index (χ4v) is 2.10. The van der Waals surface area contributed by atoms with Crippen LogP contribution < -0.4 is 14.8 Å². The van der Waals surface area contributed by atoms with Gasteiger partial charge in [-0.3, -0.25) is 9.59 Å². The van der Waals surface area contributed by atoms with Crippen molar-refractivity contribution in [2.45, 2.75) is 0 Å². The summed E-state index contributed by atoms with van der Waals surface area (Å²) < 4.78 is 10.3. The number of nitrogens with one attached hydrogen (secondary N) is 1. The van der Waals surface area contributed by atoms with Crippen molar-refractivity contribution in [1.29, 1.82) is 0 Å². The van der Waals surface area contributed by atoms with Crippen molar-refractivity contribution in [3.05, 3.63) is 71.9 Å². The molecule has 1 N–H and O–H groups in total. The second-order valence-corrected chi connectivity index (χ2v) is 4.94. The quantitative estimate of drug-likeness (QED) is 0.597. The summed E-state index contributed by atoms with van der Waals surface area (Å²) in [5, 5.41) is 2.83. The lowest BCUT2D eigenvalue weighted by Crippen LogP contribution is -2.18. The molecule has 0 radical (unpaired) electrons. The van der Waals surface area contributed by atoms with Crippen molar-refractivity contribution in [2.24, 2.45) is 0 Å². The van der Waals surface area contributed by atoms with Crippen LogP contribution in [0.2, 0.25) is 0 Å². The highest BCUT2D eigenvalue weighted by Crippen LogP contribution is 2.27. The molecular weight excluding hydrogens is 306 g/mol. The maximum atomic E-state index is 12.1. The van der Waals surface area contributed by atoms with Gasteiger partial charge in [0.1, 0.15) is 0 Å². The molecule has 0 fully saturated rings. The fourth-order valence-electron chi connectivity index (χ4n) is 2.10. The number of Topliss-reactive ketones (excluding diaryl/α,β-unsaturated/α-hetero) is 1. The molecule has 5 nitrogen and oxygen atoms in total. The van der Waals surface area contributed by atoms with E-state index in [9.17, 15) is 9.59 Å². The van der Waals surface area contributed by atoms with Crippen LogP contribution in [0.4, 0.5) is 0 Å². The summed E-state index contributed by atoms with van der Waals surface area (Å²) in [6, 6.07) is 13.9. The Morgan fingerprint density at radius 2 is 1.67 bits per heavy atom. The van der Waals surface area contributed by atoms with E-state index in [0.717, 1.165) is 0 Å². The lowest BCUT2D eigenvalue weighted by molar-refractivity contribution is 0.0992. The molecule has 0 bridgehead atoms. The molecule has 24 heavy (non-hydrogen) atoms. The number of hydrogen-bond acceptors (Lipinski definition) is 5. The van der Waals surface area contributed by atoms with Crippen LogP contribution >= 0.6 is 0 Å². The van der Waals surface area contributed by atoms with E-state index < -0.39 is 0 Å². The number of methoxy groups -OCH3 is 2. The molecule has 0 aromatic heterocycles. The Kier molecular flexibility index (Phi) is 6.14. The molecule has 0 aliphatic carbocycles. The van der Waals surface area contributed by atoms with E-state index in [-0.39, 0.29) is 18.1 Å². The summed E-state index contributed by atoms with van der Waals surface area (Å²) >= 11 is 0. The van der Waals surface area contributed by atoms with E-state index in [0.29, 0.717) is 22.6 Å². The van der Waals surface area contributed by atoms with Crippen molar-refractivity contribution < 1.29 is 19.1 Å². The maximum absolute atomic E-state index is 12.1. The average molecular weight is 325 g/mol. The summed E-state index contributed by atoms with van der Waals surface area (Å²) in [5.74, 6) is 0.808. The number of ether oxygens (including phenoxy) is 2. The highest BCUT2D eigenvalue weighted by molar-refractivity contribution is 6.05. The molecule has 0 heterocycles. The topological polar surface area (TPSA) is 64.6 Å². The normalized spacial score (nSPS) is 10.4. The van der Waals surface area contributed by atoms with E-state index in [1.54, 1.807) is 30.3 Å². The molecule has 0 unspecified atom stereocenters. The standard InChI is InChI=1S/C19H19NO4/c1-23-18-9-8-15(12-19(18)24-2)16(21)10-11-20-13-17(22)14-6-4-3-5-7-14/h3-12,20H,13H2,1-2H3/b11-10+. The predicted molar refractivity (Wildman–Crippen MR) is 91.8 cm³/mol. The number of benzene rings is 2. The summed E-state index contributed by atoms with van der Waals surface area (Å²) in [7, 11) is 3.05. The van der Waals surface area contributed by atoms with Gasteiger partial charge in [0.2, 0.25) is 0 Å². The van der Waals surface area contributed by atoms with E-state index >= 15 is 0 Å². The predicted octanol–water partition coefficient (Wildman–Crippen LogP) is 2.87. The summed E-state index contributed by atoms with van der Waals surface area (Å²) in [6.07, 6.45) is 2.85. The molecule has 2 aromatic carbocycles. The first kappa shape index (κ1) is 17.3. The van der Waals surface area contributed by atoms with E-state index in [4.69, 9.17) is 9.47 Å². The van der Waals surface area contributed by atoms with Crippen LogP contribution in [0.25, 0.3) is 0 Å². The molecule has 0 amide bonds. The minimum absolute atomic E-state index is 0.0428. The Balaban J connectivity index is 1.92. The Bertz CT molecular complexity index is 738. The molecule has 0 saturated heterocycles. The van der Waals surface area contributed by atoms with E-state index in [1.807, 2.05) is 18.2 Å². The van der Waals surface area contributed by atoms with Gasteiger partial charge in [-0.25, -0.2) is 0 Å². The minimum Gasteiger partial charge on any atom is -0.493 e. The summed E-state index contributed by atoms with van der Waals surface area (Å²) in [4.78, 5) is 24.0. The monoisotopic (exact) mass is 325 g/mol. The van der Waals surface area contributed by atoms with Crippen molar-refractivity contribution in [2.75, 3.05) is 20.8 Å². The molecule has 0 atom stereocenters. The Labute approximate surface area is 140 Å². The van der Waals surface area contributed by atoms with E-state index in [2.05, 4.69) is 5.32 Å². The van der Waals surface area contributed by atoms with Crippen LogP contribution in [0.1, 0.15) is 20.7 Å². The Hall–Kier alpha value is -3.08. The number of ketones is 2. The van der Waals surface area contributed by atoms with Gasteiger partial charge in [0.25, 0.3) is 0 Å². The summed E-state index contributed by atoms with van der Waals surface area (Å²) in [5.41, 5.74) is 1.10. The molecule has 0 spiro atoms. The van der Waals surface area contributed by atoms with Crippen LogP contribution in [-0.2, 0) is 0 Å². The van der Waals surface area contributed by atoms with Crippen LogP contribution in [0.5, 0.6) is 11.5 Å². The number of allylic oxidation sites excluding steroid dienone is 1. The fraction of sp³-hybridized carbons (Fsp3) is 0.158. The van der Waals surface area contributed by atoms with Gasteiger partial charge in [-0.2, -0.15) is 0 Å². The second kappa shape index (κ2) is 8.53. The zero-order valence-corrected chi connectivity index (χ0v) is 13.6.